The SMILES string of the molecule is NNC(c1ncc[nH]1)C1CCCc2cccnc21. The van der Waals surface area contributed by atoms with E-state index >= 15 is 0 Å². The average molecular weight is 243 g/mol. The first-order valence-corrected chi connectivity index (χ1v) is 6.29. The fourth-order valence-electron chi connectivity index (χ4n) is 2.80. The van der Waals surface area contributed by atoms with Gasteiger partial charge in [0.05, 0.1) is 6.04 Å². The van der Waals surface area contributed by atoms with Crippen molar-refractivity contribution in [3.63, 3.8) is 0 Å². The van der Waals surface area contributed by atoms with Gasteiger partial charge in [0.1, 0.15) is 5.82 Å². The molecule has 94 valence electrons. The topological polar surface area (TPSA) is 79.6 Å². The molecule has 18 heavy (non-hydrogen) atoms. The molecule has 1 aliphatic carbocycles. The number of rotatable bonds is 3. The smallest absolute Gasteiger partial charge is 0.125 e. The van der Waals surface area contributed by atoms with Crippen molar-refractivity contribution in [1.29, 1.82) is 0 Å². The van der Waals surface area contributed by atoms with Gasteiger partial charge in [-0.15, -0.1) is 0 Å². The molecule has 0 bridgehead atoms. The second kappa shape index (κ2) is 4.88. The number of H-pyrrole nitrogens is 1. The van der Waals surface area contributed by atoms with E-state index in [1.54, 1.807) is 6.20 Å². The quantitative estimate of drug-likeness (QED) is 0.563. The molecule has 0 fully saturated rings. The summed E-state index contributed by atoms with van der Waals surface area (Å²) in [6.07, 6.45) is 8.79. The number of fused-ring (bicyclic) bond motifs is 1. The first kappa shape index (κ1) is 11.4. The van der Waals surface area contributed by atoms with Gasteiger partial charge in [-0.05, 0) is 30.9 Å². The molecule has 0 spiro atoms. The first-order valence-electron chi connectivity index (χ1n) is 6.29. The van der Waals surface area contributed by atoms with Gasteiger partial charge in [-0.25, -0.2) is 10.4 Å². The maximum atomic E-state index is 5.71. The number of pyridine rings is 1. The Morgan fingerprint density at radius 3 is 3.11 bits per heavy atom. The highest BCUT2D eigenvalue weighted by atomic mass is 15.3. The van der Waals surface area contributed by atoms with Crippen LogP contribution in [0.25, 0.3) is 0 Å². The van der Waals surface area contributed by atoms with Crippen LogP contribution in [-0.4, -0.2) is 15.0 Å². The van der Waals surface area contributed by atoms with Gasteiger partial charge in [0.15, 0.2) is 0 Å². The van der Waals surface area contributed by atoms with Crippen LogP contribution in [0.4, 0.5) is 0 Å². The van der Waals surface area contributed by atoms with Crippen LogP contribution in [0, 0.1) is 0 Å². The van der Waals surface area contributed by atoms with E-state index in [4.69, 9.17) is 5.84 Å². The molecule has 1 aliphatic rings. The minimum Gasteiger partial charge on any atom is -0.347 e. The van der Waals surface area contributed by atoms with E-state index in [2.05, 4.69) is 26.4 Å². The molecular formula is C13H17N5. The lowest BCUT2D eigenvalue weighted by molar-refractivity contribution is 0.387. The number of imidazole rings is 1. The number of aryl methyl sites for hydroxylation is 1. The number of nitrogens with two attached hydrogens (primary N) is 1. The second-order valence-corrected chi connectivity index (χ2v) is 4.67. The molecule has 3 rings (SSSR count). The summed E-state index contributed by atoms with van der Waals surface area (Å²) in [6, 6.07) is 4.15. The molecule has 0 radical (unpaired) electrons. The Morgan fingerprint density at radius 1 is 1.39 bits per heavy atom. The lowest BCUT2D eigenvalue weighted by Crippen LogP contribution is -2.35. The van der Waals surface area contributed by atoms with Crippen molar-refractivity contribution in [2.75, 3.05) is 0 Å². The van der Waals surface area contributed by atoms with Gasteiger partial charge in [0.2, 0.25) is 0 Å². The van der Waals surface area contributed by atoms with Crippen molar-refractivity contribution in [3.8, 4) is 0 Å². The van der Waals surface area contributed by atoms with Crippen molar-refractivity contribution in [3.05, 3.63) is 47.8 Å². The third-order valence-corrected chi connectivity index (χ3v) is 3.63. The molecule has 2 aromatic rings. The summed E-state index contributed by atoms with van der Waals surface area (Å²) in [5.41, 5.74) is 5.37. The van der Waals surface area contributed by atoms with Crippen molar-refractivity contribution in [1.82, 2.24) is 20.4 Å². The van der Waals surface area contributed by atoms with Crippen LogP contribution < -0.4 is 11.3 Å². The van der Waals surface area contributed by atoms with E-state index in [0.717, 1.165) is 24.4 Å². The van der Waals surface area contributed by atoms with E-state index in [1.165, 1.54) is 12.0 Å². The predicted octanol–water partition coefficient (Wildman–Crippen LogP) is 1.43. The van der Waals surface area contributed by atoms with Gasteiger partial charge in [0, 0.05) is 30.2 Å². The summed E-state index contributed by atoms with van der Waals surface area (Å²) >= 11 is 0. The predicted molar refractivity (Wildman–Crippen MR) is 68.6 cm³/mol. The van der Waals surface area contributed by atoms with Gasteiger partial charge in [-0.1, -0.05) is 6.07 Å². The second-order valence-electron chi connectivity index (χ2n) is 4.67. The summed E-state index contributed by atoms with van der Waals surface area (Å²) in [5.74, 6) is 6.87. The summed E-state index contributed by atoms with van der Waals surface area (Å²) in [5, 5.41) is 0. The third kappa shape index (κ3) is 1.91. The highest BCUT2D eigenvalue weighted by molar-refractivity contribution is 5.28. The molecule has 5 nitrogen and oxygen atoms in total. The Morgan fingerprint density at radius 2 is 2.33 bits per heavy atom. The molecule has 2 aromatic heterocycles. The minimum absolute atomic E-state index is 0.00560. The summed E-state index contributed by atoms with van der Waals surface area (Å²) in [6.45, 7) is 0. The summed E-state index contributed by atoms with van der Waals surface area (Å²) in [7, 11) is 0. The van der Waals surface area contributed by atoms with E-state index in [0.29, 0.717) is 0 Å². The van der Waals surface area contributed by atoms with Crippen LogP contribution in [0.3, 0.4) is 0 Å². The molecule has 0 amide bonds. The molecule has 4 N–H and O–H groups in total. The molecule has 2 atom stereocenters. The molecule has 5 heteroatoms. The first-order chi connectivity index (χ1) is 8.90. The fourth-order valence-corrected chi connectivity index (χ4v) is 2.80. The van der Waals surface area contributed by atoms with E-state index < -0.39 is 0 Å². The Labute approximate surface area is 106 Å². The zero-order chi connectivity index (χ0) is 12.4. The van der Waals surface area contributed by atoms with Crippen LogP contribution in [0.1, 0.15) is 41.9 Å². The lowest BCUT2D eigenvalue weighted by atomic mass is 9.82. The Hall–Kier alpha value is -1.72. The largest absolute Gasteiger partial charge is 0.347 e. The molecular weight excluding hydrogens is 226 g/mol. The number of aromatic amines is 1. The van der Waals surface area contributed by atoms with E-state index in [-0.39, 0.29) is 12.0 Å². The molecule has 0 aromatic carbocycles. The summed E-state index contributed by atoms with van der Waals surface area (Å²) in [4.78, 5) is 12.0. The molecule has 0 saturated carbocycles. The van der Waals surface area contributed by atoms with Gasteiger partial charge in [-0.3, -0.25) is 10.8 Å². The standard InChI is InChI=1S/C13H17N5/c14-18-12(13-16-7-8-17-13)10-5-1-3-9-4-2-6-15-11(9)10/h2,4,6-8,10,12,18H,1,3,5,14H2,(H,16,17). The van der Waals surface area contributed by atoms with Crippen LogP contribution in [-0.2, 0) is 6.42 Å². The molecule has 2 heterocycles. The van der Waals surface area contributed by atoms with E-state index in [1.807, 2.05) is 18.5 Å². The van der Waals surface area contributed by atoms with Crippen molar-refractivity contribution >= 4 is 0 Å². The Kier molecular flexibility index (Phi) is 3.08. The maximum Gasteiger partial charge on any atom is 0.125 e. The number of nitrogens with one attached hydrogen (secondary N) is 2. The lowest BCUT2D eigenvalue weighted by Gasteiger charge is -2.29. The van der Waals surface area contributed by atoms with Crippen molar-refractivity contribution in [2.45, 2.75) is 31.2 Å². The minimum atomic E-state index is -0.00560. The highest BCUT2D eigenvalue weighted by Crippen LogP contribution is 2.37. The van der Waals surface area contributed by atoms with Crippen molar-refractivity contribution < 1.29 is 0 Å². The van der Waals surface area contributed by atoms with Gasteiger partial charge >= 0.3 is 0 Å². The number of hydrazine groups is 1. The average Bonchev–Trinajstić information content (AvgIpc) is 2.94. The summed E-state index contributed by atoms with van der Waals surface area (Å²) < 4.78 is 0. The van der Waals surface area contributed by atoms with Gasteiger partial charge in [0.25, 0.3) is 0 Å². The number of nitrogens with zero attached hydrogens (tertiary/aromatic N) is 2. The Balaban J connectivity index is 1.97. The van der Waals surface area contributed by atoms with Crippen LogP contribution in [0.2, 0.25) is 0 Å². The zero-order valence-corrected chi connectivity index (χ0v) is 10.1. The van der Waals surface area contributed by atoms with Crippen LogP contribution >= 0.6 is 0 Å². The molecule has 2 unspecified atom stereocenters. The highest BCUT2D eigenvalue weighted by Gasteiger charge is 2.30. The fraction of sp³-hybridized carbons (Fsp3) is 0.385. The van der Waals surface area contributed by atoms with Gasteiger partial charge in [-0.2, -0.15) is 0 Å². The normalized spacial score (nSPS) is 20.4. The Bertz CT molecular complexity index is 508. The molecule has 0 aliphatic heterocycles. The zero-order valence-electron chi connectivity index (χ0n) is 10.1. The number of hydrogen-bond acceptors (Lipinski definition) is 4. The molecule has 0 saturated heterocycles. The van der Waals surface area contributed by atoms with Crippen molar-refractivity contribution in [2.24, 2.45) is 5.84 Å². The third-order valence-electron chi connectivity index (χ3n) is 3.63. The van der Waals surface area contributed by atoms with Gasteiger partial charge < -0.3 is 4.98 Å². The monoisotopic (exact) mass is 243 g/mol. The number of hydrogen-bond donors (Lipinski definition) is 3. The number of aromatic nitrogens is 3. The van der Waals surface area contributed by atoms with E-state index in [9.17, 15) is 0 Å². The van der Waals surface area contributed by atoms with Crippen LogP contribution in [0.5, 0.6) is 0 Å². The maximum absolute atomic E-state index is 5.71. The van der Waals surface area contributed by atoms with Crippen LogP contribution in [0.15, 0.2) is 30.7 Å².